The molecule has 6 heteroatoms. The monoisotopic (exact) mass is 506 g/mol. The van der Waals surface area contributed by atoms with Gasteiger partial charge in [-0.3, -0.25) is 19.4 Å². The summed E-state index contributed by atoms with van der Waals surface area (Å²) in [5.41, 5.74) is 1.36. The lowest BCUT2D eigenvalue weighted by atomic mass is 9.91. The Morgan fingerprint density at radius 1 is 0.595 bits per heavy atom. The largest absolute Gasteiger partial charge is 0.497 e. The lowest BCUT2D eigenvalue weighted by molar-refractivity contribution is 0.0656. The first-order valence-corrected chi connectivity index (χ1v) is 14.0. The molecule has 0 aromatic heterocycles. The number of rotatable bonds is 10. The third-order valence-electron chi connectivity index (χ3n) is 7.96. The predicted molar refractivity (Wildman–Crippen MR) is 147 cm³/mol. The van der Waals surface area contributed by atoms with Crippen molar-refractivity contribution in [3.05, 3.63) is 59.7 Å². The minimum Gasteiger partial charge on any atom is -0.497 e. The van der Waals surface area contributed by atoms with Crippen LogP contribution in [0.15, 0.2) is 48.5 Å². The van der Waals surface area contributed by atoms with Crippen LogP contribution < -0.4 is 9.47 Å². The van der Waals surface area contributed by atoms with Gasteiger partial charge in [0, 0.05) is 11.1 Å². The van der Waals surface area contributed by atoms with Crippen molar-refractivity contribution in [1.29, 1.82) is 0 Å². The molecule has 6 nitrogen and oxygen atoms in total. The van der Waals surface area contributed by atoms with E-state index in [0.29, 0.717) is 17.5 Å². The Bertz CT molecular complexity index is 907. The van der Waals surface area contributed by atoms with Crippen LogP contribution in [0, 0.1) is 0 Å². The van der Waals surface area contributed by atoms with Gasteiger partial charge in [0.2, 0.25) is 0 Å². The van der Waals surface area contributed by atoms with Gasteiger partial charge in [-0.25, -0.2) is 0 Å². The van der Waals surface area contributed by atoms with E-state index in [4.69, 9.17) is 9.47 Å². The fourth-order valence-electron chi connectivity index (χ4n) is 5.76. The Balaban J connectivity index is 1.66. The highest BCUT2D eigenvalue weighted by atomic mass is 16.5. The van der Waals surface area contributed by atoms with Crippen LogP contribution in [0.4, 0.5) is 0 Å². The molecule has 2 fully saturated rings. The summed E-state index contributed by atoms with van der Waals surface area (Å²) in [6, 6.07) is 14.2. The number of likely N-dealkylation sites (tertiary alicyclic amines) is 2. The molecule has 4 rings (SSSR count). The molecule has 0 spiro atoms. The molecule has 2 atom stereocenters. The molecule has 0 bridgehead atoms. The number of ketones is 2. The van der Waals surface area contributed by atoms with Crippen LogP contribution in [0.25, 0.3) is 0 Å². The summed E-state index contributed by atoms with van der Waals surface area (Å²) >= 11 is 0. The van der Waals surface area contributed by atoms with Crippen molar-refractivity contribution in [1.82, 2.24) is 9.80 Å². The molecule has 2 aliphatic heterocycles. The highest BCUT2D eigenvalue weighted by Gasteiger charge is 2.36. The van der Waals surface area contributed by atoms with Crippen LogP contribution in [-0.2, 0) is 0 Å². The molecule has 2 aliphatic rings. The molecular weight excluding hydrogens is 464 g/mol. The first-order valence-electron chi connectivity index (χ1n) is 14.0. The summed E-state index contributed by atoms with van der Waals surface area (Å²) in [6.07, 6.45) is 9.65. The summed E-state index contributed by atoms with van der Waals surface area (Å²) in [4.78, 5) is 32.8. The molecule has 37 heavy (non-hydrogen) atoms. The van der Waals surface area contributed by atoms with Gasteiger partial charge in [0.1, 0.15) is 11.5 Å². The summed E-state index contributed by atoms with van der Waals surface area (Å²) in [5.74, 6) is 1.68. The third kappa shape index (κ3) is 7.20. The van der Waals surface area contributed by atoms with E-state index in [2.05, 4.69) is 9.80 Å². The van der Waals surface area contributed by atoms with Gasteiger partial charge in [-0.1, -0.05) is 25.7 Å². The Morgan fingerprint density at radius 3 is 1.22 bits per heavy atom. The standard InChI is InChI=1S/C31H42N2O4/c1-36-26-15-11-24(12-16-26)30(34)28(32-19-7-3-4-8-20-32)23-29(33-21-9-5-6-10-22-33)31(35)25-13-17-27(37-2)18-14-25/h11-18,28-29H,3-10,19-23H2,1-2H3. The molecule has 2 saturated heterocycles. The molecular formula is C31H42N2O4. The summed E-state index contributed by atoms with van der Waals surface area (Å²) in [5, 5.41) is 0. The van der Waals surface area contributed by atoms with Crippen molar-refractivity contribution in [2.75, 3.05) is 40.4 Å². The normalized spacial score (nSPS) is 19.3. The predicted octanol–water partition coefficient (Wildman–Crippen LogP) is 5.65. The summed E-state index contributed by atoms with van der Waals surface area (Å²) < 4.78 is 10.6. The second-order valence-corrected chi connectivity index (χ2v) is 10.4. The molecule has 2 heterocycles. The second kappa shape index (κ2) is 13.7. The topological polar surface area (TPSA) is 59.1 Å². The molecule has 2 aromatic rings. The maximum absolute atomic E-state index is 14.1. The lowest BCUT2D eigenvalue weighted by Gasteiger charge is -2.36. The molecule has 0 radical (unpaired) electrons. The zero-order valence-corrected chi connectivity index (χ0v) is 22.5. The Labute approximate surface area is 221 Å². The zero-order valence-electron chi connectivity index (χ0n) is 22.5. The minimum atomic E-state index is -0.332. The van der Waals surface area contributed by atoms with Crippen LogP contribution in [0.2, 0.25) is 0 Å². The number of hydrogen-bond donors (Lipinski definition) is 0. The quantitative estimate of drug-likeness (QED) is 0.388. The van der Waals surface area contributed by atoms with Crippen molar-refractivity contribution in [2.45, 2.75) is 69.9 Å². The number of hydrogen-bond acceptors (Lipinski definition) is 6. The second-order valence-electron chi connectivity index (χ2n) is 10.4. The van der Waals surface area contributed by atoms with Crippen LogP contribution in [0.5, 0.6) is 11.5 Å². The maximum Gasteiger partial charge on any atom is 0.180 e. The number of nitrogens with zero attached hydrogens (tertiary/aromatic N) is 2. The molecule has 2 unspecified atom stereocenters. The van der Waals surface area contributed by atoms with E-state index in [9.17, 15) is 9.59 Å². The van der Waals surface area contributed by atoms with E-state index in [0.717, 1.165) is 63.4 Å². The number of carbonyl (C=O) groups excluding carboxylic acids is 2. The van der Waals surface area contributed by atoms with Crippen LogP contribution in [0.1, 0.15) is 78.5 Å². The van der Waals surface area contributed by atoms with Crippen LogP contribution >= 0.6 is 0 Å². The summed E-state index contributed by atoms with van der Waals surface area (Å²) in [6.45, 7) is 3.60. The van der Waals surface area contributed by atoms with Gasteiger partial charge in [0.25, 0.3) is 0 Å². The van der Waals surface area contributed by atoms with Crippen molar-refractivity contribution in [3.8, 4) is 11.5 Å². The zero-order chi connectivity index (χ0) is 26.0. The van der Waals surface area contributed by atoms with E-state index in [-0.39, 0.29) is 23.7 Å². The highest BCUT2D eigenvalue weighted by molar-refractivity contribution is 6.03. The molecule has 0 N–H and O–H groups in total. The van der Waals surface area contributed by atoms with E-state index < -0.39 is 0 Å². The summed E-state index contributed by atoms with van der Waals surface area (Å²) in [7, 11) is 3.26. The van der Waals surface area contributed by atoms with Gasteiger partial charge in [-0.2, -0.15) is 0 Å². The molecule has 0 saturated carbocycles. The number of Topliss-reactive ketones (excluding diaryl/α,β-unsaturated/α-hetero) is 2. The Hall–Kier alpha value is -2.70. The van der Waals surface area contributed by atoms with Gasteiger partial charge in [-0.15, -0.1) is 0 Å². The Kier molecular flexibility index (Phi) is 10.1. The van der Waals surface area contributed by atoms with Gasteiger partial charge >= 0.3 is 0 Å². The van der Waals surface area contributed by atoms with Gasteiger partial charge in [0.05, 0.1) is 26.3 Å². The fraction of sp³-hybridized carbons (Fsp3) is 0.548. The van der Waals surface area contributed by atoms with Crippen LogP contribution in [-0.4, -0.2) is 73.8 Å². The van der Waals surface area contributed by atoms with Crippen molar-refractivity contribution in [2.24, 2.45) is 0 Å². The van der Waals surface area contributed by atoms with Crippen LogP contribution in [0.3, 0.4) is 0 Å². The first-order chi connectivity index (χ1) is 18.1. The van der Waals surface area contributed by atoms with E-state index in [1.165, 1.54) is 25.7 Å². The van der Waals surface area contributed by atoms with Gasteiger partial charge < -0.3 is 9.47 Å². The number of benzene rings is 2. The van der Waals surface area contributed by atoms with E-state index in [1.807, 2.05) is 48.5 Å². The third-order valence-corrected chi connectivity index (χ3v) is 7.96. The van der Waals surface area contributed by atoms with Gasteiger partial charge in [-0.05, 0) is 107 Å². The van der Waals surface area contributed by atoms with Crippen molar-refractivity contribution in [3.63, 3.8) is 0 Å². The lowest BCUT2D eigenvalue weighted by Crippen LogP contribution is -2.50. The number of ether oxygens (including phenoxy) is 2. The average Bonchev–Trinajstić information content (AvgIpc) is 3.39. The molecule has 0 aliphatic carbocycles. The Morgan fingerprint density at radius 2 is 0.919 bits per heavy atom. The SMILES string of the molecule is COc1ccc(C(=O)C(CC(C(=O)c2ccc(OC)cc2)N2CCCCCC2)N2CCCCCC2)cc1. The molecule has 200 valence electrons. The minimum absolute atomic E-state index is 0.104. The smallest absolute Gasteiger partial charge is 0.180 e. The fourth-order valence-corrected chi connectivity index (χ4v) is 5.76. The average molecular weight is 507 g/mol. The number of methoxy groups -OCH3 is 2. The maximum atomic E-state index is 14.1. The van der Waals surface area contributed by atoms with Crippen molar-refractivity contribution >= 4 is 11.6 Å². The van der Waals surface area contributed by atoms with Crippen molar-refractivity contribution < 1.29 is 19.1 Å². The molecule has 0 amide bonds. The first kappa shape index (κ1) is 27.3. The van der Waals surface area contributed by atoms with E-state index >= 15 is 0 Å². The highest BCUT2D eigenvalue weighted by Crippen LogP contribution is 2.26. The number of carbonyl (C=O) groups is 2. The van der Waals surface area contributed by atoms with Gasteiger partial charge in [0.15, 0.2) is 11.6 Å². The van der Waals surface area contributed by atoms with E-state index in [1.54, 1.807) is 14.2 Å². The molecule has 2 aromatic carbocycles.